The number of ether oxygens (including phenoxy) is 2. The third-order valence-electron chi connectivity index (χ3n) is 8.68. The lowest BCUT2D eigenvalue weighted by Crippen LogP contribution is -2.71. The number of benzene rings is 1. The molecule has 2 unspecified atom stereocenters. The van der Waals surface area contributed by atoms with Crippen LogP contribution in [0.2, 0.25) is 0 Å². The maximum Gasteiger partial charge on any atom is 0.408 e. The van der Waals surface area contributed by atoms with Crippen molar-refractivity contribution in [1.82, 2.24) is 5.32 Å². The highest BCUT2D eigenvalue weighted by atomic mass is 16.6. The van der Waals surface area contributed by atoms with Crippen molar-refractivity contribution in [1.29, 1.82) is 0 Å². The number of amides is 2. The topological polar surface area (TPSA) is 88.1 Å². The number of hydrogen-bond donors (Lipinski definition) is 2. The molecule has 152 valence electrons. The first-order valence-electron chi connectivity index (χ1n) is 10.00. The van der Waals surface area contributed by atoms with Gasteiger partial charge in [-0.1, -0.05) is 39.0 Å². The molecular formula is C22H24N2O5. The highest BCUT2D eigenvalue weighted by Crippen LogP contribution is 2.73. The molecule has 2 amide bonds. The monoisotopic (exact) mass is 396 g/mol. The summed E-state index contributed by atoms with van der Waals surface area (Å²) in [6.45, 7) is 9.86. The minimum Gasteiger partial charge on any atom is -0.443 e. The molecule has 3 bridgehead atoms. The maximum absolute atomic E-state index is 13.7. The minimum absolute atomic E-state index is 0.145. The molecule has 1 aromatic rings. The van der Waals surface area contributed by atoms with Crippen LogP contribution < -0.4 is 10.2 Å². The minimum atomic E-state index is -1.24. The second kappa shape index (κ2) is 4.52. The van der Waals surface area contributed by atoms with Crippen LogP contribution >= 0.6 is 0 Å². The molecule has 7 atom stereocenters. The molecule has 7 heteroatoms. The normalized spacial score (nSPS) is 47.4. The van der Waals surface area contributed by atoms with Gasteiger partial charge in [0.15, 0.2) is 5.60 Å². The molecule has 1 spiro atoms. The van der Waals surface area contributed by atoms with Crippen molar-refractivity contribution in [3.8, 4) is 0 Å². The number of aliphatic hydroxyl groups excluding tert-OH is 1. The van der Waals surface area contributed by atoms with Crippen LogP contribution in [0, 0.1) is 16.7 Å². The van der Waals surface area contributed by atoms with E-state index in [9.17, 15) is 14.7 Å². The van der Waals surface area contributed by atoms with Crippen molar-refractivity contribution in [2.24, 2.45) is 16.7 Å². The van der Waals surface area contributed by atoms with Gasteiger partial charge in [0, 0.05) is 29.4 Å². The average molecular weight is 396 g/mol. The Labute approximate surface area is 168 Å². The summed E-state index contributed by atoms with van der Waals surface area (Å²) in [4.78, 5) is 28.0. The van der Waals surface area contributed by atoms with Crippen molar-refractivity contribution in [2.75, 3.05) is 11.9 Å². The SMILES string of the molecule is C=C[C@]1(C)C(O)[C@@H]2O[C@]34C(=O)N(C)c5cccc(c53)[C@@]13NC(=O)OC3[C@H]2C4(C)C. The Morgan fingerprint density at radius 2 is 2.00 bits per heavy atom. The highest BCUT2D eigenvalue weighted by Gasteiger charge is 2.84. The van der Waals surface area contributed by atoms with E-state index in [1.165, 1.54) is 0 Å². The summed E-state index contributed by atoms with van der Waals surface area (Å²) in [6.07, 6.45) is -1.08. The predicted octanol–water partition coefficient (Wildman–Crippen LogP) is 1.78. The van der Waals surface area contributed by atoms with Gasteiger partial charge in [-0.05, 0) is 11.6 Å². The molecule has 7 nitrogen and oxygen atoms in total. The molecule has 5 aliphatic rings. The zero-order valence-corrected chi connectivity index (χ0v) is 16.9. The Morgan fingerprint density at radius 3 is 2.69 bits per heavy atom. The summed E-state index contributed by atoms with van der Waals surface area (Å²) in [7, 11) is 1.75. The van der Waals surface area contributed by atoms with E-state index in [2.05, 4.69) is 11.9 Å². The number of alkyl carbamates (subject to hydrolysis) is 1. The Hall–Kier alpha value is -2.38. The van der Waals surface area contributed by atoms with Crippen LogP contribution in [0.4, 0.5) is 10.5 Å². The van der Waals surface area contributed by atoms with Gasteiger partial charge in [0.2, 0.25) is 0 Å². The van der Waals surface area contributed by atoms with Crippen molar-refractivity contribution in [3.63, 3.8) is 0 Å². The fourth-order valence-electron chi connectivity index (χ4n) is 7.18. The molecular weight excluding hydrogens is 372 g/mol. The zero-order valence-electron chi connectivity index (χ0n) is 16.9. The first kappa shape index (κ1) is 17.5. The number of nitrogens with zero attached hydrogens (tertiary/aromatic N) is 1. The fourth-order valence-corrected chi connectivity index (χ4v) is 7.18. The summed E-state index contributed by atoms with van der Waals surface area (Å²) >= 11 is 0. The summed E-state index contributed by atoms with van der Waals surface area (Å²) in [5.41, 5.74) is -1.66. The lowest BCUT2D eigenvalue weighted by atomic mass is 9.51. The summed E-state index contributed by atoms with van der Waals surface area (Å²) in [6, 6.07) is 5.70. The predicted molar refractivity (Wildman–Crippen MR) is 103 cm³/mol. The van der Waals surface area contributed by atoms with E-state index in [1.54, 1.807) is 18.0 Å². The van der Waals surface area contributed by atoms with E-state index >= 15 is 0 Å². The Bertz CT molecular complexity index is 1040. The van der Waals surface area contributed by atoms with Gasteiger partial charge in [0.05, 0.1) is 17.9 Å². The molecule has 3 fully saturated rings. The van der Waals surface area contributed by atoms with E-state index in [-0.39, 0.29) is 11.8 Å². The van der Waals surface area contributed by atoms with Crippen LogP contribution in [-0.2, 0) is 25.4 Å². The quantitative estimate of drug-likeness (QED) is 0.707. The first-order chi connectivity index (χ1) is 13.6. The van der Waals surface area contributed by atoms with Gasteiger partial charge in [0.25, 0.3) is 5.91 Å². The number of likely N-dealkylation sites (N-methyl/N-ethyl adjacent to an activating group) is 1. The standard InChI is InChI=1S/C22H24N2O5/c1-6-20(4)15(25)14-13-16-21(20,23-18(27)28-16)10-8-7-9-11-12(10)22(29-14,19(13,2)3)17(26)24(11)5/h6-9,13-16,25H,1H2,2-5H3,(H,23,27)/t13-,14+,15?,16?,20+,21-,22-/m0/s1. The van der Waals surface area contributed by atoms with Crippen LogP contribution in [0.5, 0.6) is 0 Å². The Kier molecular flexibility index (Phi) is 2.72. The maximum atomic E-state index is 13.7. The second-order valence-corrected chi connectivity index (χ2v) is 9.77. The van der Waals surface area contributed by atoms with E-state index in [1.807, 2.05) is 39.0 Å². The van der Waals surface area contributed by atoms with Gasteiger partial charge in [-0.15, -0.1) is 6.58 Å². The molecule has 2 aliphatic carbocycles. The molecule has 1 saturated carbocycles. The van der Waals surface area contributed by atoms with Crippen molar-refractivity contribution < 1.29 is 24.2 Å². The third-order valence-corrected chi connectivity index (χ3v) is 8.68. The molecule has 3 aliphatic heterocycles. The van der Waals surface area contributed by atoms with Crippen molar-refractivity contribution in [3.05, 3.63) is 42.0 Å². The third kappa shape index (κ3) is 1.36. The Balaban J connectivity index is 1.85. The number of aliphatic hydroxyl groups is 1. The number of carbonyl (C=O) groups is 2. The number of rotatable bonds is 1. The fraction of sp³-hybridized carbons (Fsp3) is 0.545. The van der Waals surface area contributed by atoms with Crippen LogP contribution in [-0.4, -0.2) is 42.5 Å². The lowest BCUT2D eigenvalue weighted by Gasteiger charge is -2.57. The largest absolute Gasteiger partial charge is 0.443 e. The molecule has 0 radical (unpaired) electrons. The molecule has 2 saturated heterocycles. The number of nitrogens with one attached hydrogen (secondary N) is 1. The van der Waals surface area contributed by atoms with Gasteiger partial charge < -0.3 is 24.8 Å². The second-order valence-electron chi connectivity index (χ2n) is 9.77. The molecule has 1 aromatic carbocycles. The summed E-state index contributed by atoms with van der Waals surface area (Å²) in [5, 5.41) is 14.6. The number of anilines is 1. The molecule has 2 N–H and O–H groups in total. The van der Waals surface area contributed by atoms with Crippen LogP contribution in [0.25, 0.3) is 0 Å². The Morgan fingerprint density at radius 1 is 1.28 bits per heavy atom. The van der Waals surface area contributed by atoms with E-state index in [0.717, 1.165) is 16.8 Å². The number of carbonyl (C=O) groups excluding carboxylic acids is 2. The molecule has 29 heavy (non-hydrogen) atoms. The van der Waals surface area contributed by atoms with Crippen LogP contribution in [0.15, 0.2) is 30.9 Å². The first-order valence-corrected chi connectivity index (χ1v) is 10.00. The molecule has 0 aromatic heterocycles. The van der Waals surface area contributed by atoms with Crippen LogP contribution in [0.3, 0.4) is 0 Å². The van der Waals surface area contributed by atoms with Crippen molar-refractivity contribution >= 4 is 17.7 Å². The lowest BCUT2D eigenvalue weighted by molar-refractivity contribution is -0.191. The summed E-state index contributed by atoms with van der Waals surface area (Å²) < 4.78 is 12.5. The van der Waals surface area contributed by atoms with Crippen LogP contribution in [0.1, 0.15) is 31.9 Å². The van der Waals surface area contributed by atoms with Gasteiger partial charge in [-0.25, -0.2) is 4.79 Å². The smallest absolute Gasteiger partial charge is 0.408 e. The average Bonchev–Trinajstić information content (AvgIpc) is 3.22. The number of hydrogen-bond acceptors (Lipinski definition) is 5. The molecule has 3 heterocycles. The van der Waals surface area contributed by atoms with Gasteiger partial charge in [-0.2, -0.15) is 0 Å². The highest BCUT2D eigenvalue weighted by molar-refractivity contribution is 6.08. The van der Waals surface area contributed by atoms with E-state index in [4.69, 9.17) is 9.47 Å². The van der Waals surface area contributed by atoms with Gasteiger partial charge in [0.1, 0.15) is 11.6 Å². The van der Waals surface area contributed by atoms with Crippen molar-refractivity contribution in [2.45, 2.75) is 50.2 Å². The van der Waals surface area contributed by atoms with Gasteiger partial charge in [-0.3, -0.25) is 4.79 Å². The summed E-state index contributed by atoms with van der Waals surface area (Å²) in [5.74, 6) is -0.520. The van der Waals surface area contributed by atoms with E-state index in [0.29, 0.717) is 0 Å². The zero-order chi connectivity index (χ0) is 20.7. The molecule has 6 rings (SSSR count). The van der Waals surface area contributed by atoms with Gasteiger partial charge >= 0.3 is 6.09 Å². The van der Waals surface area contributed by atoms with E-state index < -0.39 is 46.4 Å².